The first-order valence-electron chi connectivity index (χ1n) is 5.27. The summed E-state index contributed by atoms with van der Waals surface area (Å²) < 4.78 is 10.6. The number of H-pyrrole nitrogens is 1. The minimum absolute atomic E-state index is 0.0724. The lowest BCUT2D eigenvalue weighted by Gasteiger charge is -2.06. The number of methoxy groups -OCH3 is 2. The first kappa shape index (κ1) is 13.4. The van der Waals surface area contributed by atoms with Crippen LogP contribution < -0.4 is 9.47 Å². The number of rotatable bonds is 4. The van der Waals surface area contributed by atoms with E-state index in [2.05, 4.69) is 25.9 Å². The molecule has 0 spiro atoms. The van der Waals surface area contributed by atoms with E-state index in [9.17, 15) is 4.79 Å². The molecule has 19 heavy (non-hydrogen) atoms. The third kappa shape index (κ3) is 2.70. The van der Waals surface area contributed by atoms with Crippen LogP contribution in [0.4, 0.5) is 0 Å². The van der Waals surface area contributed by atoms with E-state index in [1.807, 2.05) is 0 Å². The molecule has 1 heterocycles. The minimum Gasteiger partial charge on any atom is -0.497 e. The molecule has 2 rings (SSSR count). The monoisotopic (exact) mass is 326 g/mol. The molecule has 0 saturated heterocycles. The molecule has 0 saturated carbocycles. The van der Waals surface area contributed by atoms with Crippen LogP contribution in [0.15, 0.2) is 22.8 Å². The van der Waals surface area contributed by atoms with Crippen molar-refractivity contribution in [2.45, 2.75) is 0 Å². The molecule has 7 heteroatoms. The Bertz CT molecular complexity index is 602. The molecule has 0 fully saturated rings. The van der Waals surface area contributed by atoms with Gasteiger partial charge < -0.3 is 19.6 Å². The highest BCUT2D eigenvalue weighted by Gasteiger charge is 2.16. The van der Waals surface area contributed by atoms with Crippen LogP contribution in [0.3, 0.4) is 0 Å². The summed E-state index contributed by atoms with van der Waals surface area (Å²) in [7, 11) is 3.08. The number of aromatic nitrogens is 2. The van der Waals surface area contributed by atoms with E-state index in [1.54, 1.807) is 32.4 Å². The van der Waals surface area contributed by atoms with Gasteiger partial charge in [-0.1, -0.05) is 0 Å². The lowest BCUT2D eigenvalue weighted by Crippen LogP contribution is -1.97. The minimum atomic E-state index is -1.11. The van der Waals surface area contributed by atoms with Crippen LogP contribution in [0, 0.1) is 0 Å². The van der Waals surface area contributed by atoms with Crippen molar-refractivity contribution >= 4 is 21.9 Å². The Kier molecular flexibility index (Phi) is 3.75. The van der Waals surface area contributed by atoms with Gasteiger partial charge in [-0.2, -0.15) is 0 Å². The molecule has 0 aliphatic rings. The second-order valence-corrected chi connectivity index (χ2v) is 4.45. The Hall–Kier alpha value is -2.02. The Labute approximate surface area is 117 Å². The fourth-order valence-electron chi connectivity index (χ4n) is 1.57. The van der Waals surface area contributed by atoms with E-state index >= 15 is 0 Å². The average molecular weight is 327 g/mol. The average Bonchev–Trinajstić information content (AvgIpc) is 2.80. The van der Waals surface area contributed by atoms with Crippen molar-refractivity contribution in [2.75, 3.05) is 14.2 Å². The topological polar surface area (TPSA) is 84.4 Å². The van der Waals surface area contributed by atoms with Crippen LogP contribution >= 0.6 is 15.9 Å². The smallest absolute Gasteiger partial charge is 0.357 e. The summed E-state index contributed by atoms with van der Waals surface area (Å²) in [6, 6.07) is 5.19. The molecular weight excluding hydrogens is 316 g/mol. The van der Waals surface area contributed by atoms with Crippen molar-refractivity contribution in [3.05, 3.63) is 28.5 Å². The maximum absolute atomic E-state index is 11.0. The highest BCUT2D eigenvalue weighted by Crippen LogP contribution is 2.29. The zero-order chi connectivity index (χ0) is 14.0. The van der Waals surface area contributed by atoms with Crippen LogP contribution in [0.25, 0.3) is 11.4 Å². The molecule has 2 aromatic rings. The maximum Gasteiger partial charge on any atom is 0.357 e. The summed E-state index contributed by atoms with van der Waals surface area (Å²) in [6.45, 7) is 0. The van der Waals surface area contributed by atoms with Gasteiger partial charge in [0.25, 0.3) is 0 Å². The summed E-state index contributed by atoms with van der Waals surface area (Å²) in [5, 5.41) is 8.97. The number of carboxylic acids is 1. The molecule has 1 aromatic heterocycles. The van der Waals surface area contributed by atoms with Crippen LogP contribution in [-0.2, 0) is 0 Å². The quantitative estimate of drug-likeness (QED) is 0.901. The maximum atomic E-state index is 11.0. The van der Waals surface area contributed by atoms with Gasteiger partial charge in [0.2, 0.25) is 0 Å². The molecular formula is C12H11BrN2O4. The first-order valence-corrected chi connectivity index (χ1v) is 6.06. The SMILES string of the molecule is COc1cc(OC)cc(-c2nc(C(=O)O)c(Br)[nH]2)c1. The predicted molar refractivity (Wildman–Crippen MR) is 71.8 cm³/mol. The first-order chi connectivity index (χ1) is 9.05. The third-order valence-corrected chi connectivity index (χ3v) is 3.06. The number of halogens is 1. The number of aromatic amines is 1. The van der Waals surface area contributed by atoms with E-state index in [0.29, 0.717) is 27.5 Å². The van der Waals surface area contributed by atoms with Crippen LogP contribution in [0.2, 0.25) is 0 Å². The van der Waals surface area contributed by atoms with Crippen molar-refractivity contribution < 1.29 is 19.4 Å². The molecule has 0 unspecified atom stereocenters. The van der Waals surface area contributed by atoms with Crippen molar-refractivity contribution in [3.8, 4) is 22.9 Å². The number of nitrogens with one attached hydrogen (secondary N) is 1. The van der Waals surface area contributed by atoms with Crippen LogP contribution in [-0.4, -0.2) is 35.3 Å². The van der Waals surface area contributed by atoms with E-state index < -0.39 is 5.97 Å². The molecule has 0 radical (unpaired) electrons. The van der Waals surface area contributed by atoms with E-state index in [0.717, 1.165) is 0 Å². The number of hydrogen-bond acceptors (Lipinski definition) is 4. The number of aromatic carboxylic acids is 1. The summed E-state index contributed by atoms with van der Waals surface area (Å²) >= 11 is 3.12. The predicted octanol–water partition coefficient (Wildman–Crippen LogP) is 2.55. The van der Waals surface area contributed by atoms with Crippen LogP contribution in [0.1, 0.15) is 10.5 Å². The van der Waals surface area contributed by atoms with E-state index in [4.69, 9.17) is 14.6 Å². The Morgan fingerprint density at radius 1 is 1.26 bits per heavy atom. The Balaban J connectivity index is 2.51. The van der Waals surface area contributed by atoms with Crippen LogP contribution in [0.5, 0.6) is 11.5 Å². The molecule has 0 aliphatic heterocycles. The molecule has 0 atom stereocenters. The van der Waals surface area contributed by atoms with Gasteiger partial charge in [0.15, 0.2) is 5.69 Å². The molecule has 0 aliphatic carbocycles. The van der Waals surface area contributed by atoms with Crippen molar-refractivity contribution in [2.24, 2.45) is 0 Å². The number of hydrogen-bond donors (Lipinski definition) is 2. The molecule has 1 aromatic carbocycles. The van der Waals surface area contributed by atoms with Gasteiger partial charge in [-0.25, -0.2) is 9.78 Å². The Morgan fingerprint density at radius 3 is 2.26 bits per heavy atom. The number of benzene rings is 1. The fourth-order valence-corrected chi connectivity index (χ4v) is 2.02. The van der Waals surface area contributed by atoms with Gasteiger partial charge in [0.1, 0.15) is 21.9 Å². The summed E-state index contributed by atoms with van der Waals surface area (Å²) in [6.07, 6.45) is 0. The molecule has 0 amide bonds. The highest BCUT2D eigenvalue weighted by atomic mass is 79.9. The van der Waals surface area contributed by atoms with Gasteiger partial charge >= 0.3 is 5.97 Å². The lowest BCUT2D eigenvalue weighted by atomic mass is 10.2. The second-order valence-electron chi connectivity index (χ2n) is 3.65. The zero-order valence-corrected chi connectivity index (χ0v) is 11.8. The van der Waals surface area contributed by atoms with Gasteiger partial charge in [-0.05, 0) is 28.1 Å². The number of nitrogens with zero attached hydrogens (tertiary/aromatic N) is 1. The number of carboxylic acid groups (broad SMARTS) is 1. The van der Waals surface area contributed by atoms with Gasteiger partial charge in [-0.3, -0.25) is 0 Å². The van der Waals surface area contributed by atoms with Crippen molar-refractivity contribution in [1.29, 1.82) is 0 Å². The number of imidazole rings is 1. The molecule has 100 valence electrons. The van der Waals surface area contributed by atoms with Gasteiger partial charge in [0.05, 0.1) is 14.2 Å². The molecule has 0 bridgehead atoms. The normalized spacial score (nSPS) is 10.3. The van der Waals surface area contributed by atoms with Crippen molar-refractivity contribution in [3.63, 3.8) is 0 Å². The summed E-state index contributed by atoms with van der Waals surface area (Å²) in [4.78, 5) is 17.8. The largest absolute Gasteiger partial charge is 0.497 e. The Morgan fingerprint density at radius 2 is 1.84 bits per heavy atom. The summed E-state index contributed by atoms with van der Waals surface area (Å²) in [5.41, 5.74) is 0.598. The van der Waals surface area contributed by atoms with Gasteiger partial charge in [0, 0.05) is 11.6 Å². The van der Waals surface area contributed by atoms with Gasteiger partial charge in [-0.15, -0.1) is 0 Å². The summed E-state index contributed by atoms with van der Waals surface area (Å²) in [5.74, 6) is 0.503. The zero-order valence-electron chi connectivity index (χ0n) is 10.2. The standard InChI is InChI=1S/C12H11BrN2O4/c1-18-7-3-6(4-8(5-7)19-2)11-14-9(12(16)17)10(13)15-11/h3-5H,1-2H3,(H,14,15)(H,16,17). The highest BCUT2D eigenvalue weighted by molar-refractivity contribution is 9.10. The number of carbonyl (C=O) groups is 1. The number of ether oxygens (including phenoxy) is 2. The molecule has 6 nitrogen and oxygen atoms in total. The molecule has 2 N–H and O–H groups in total. The van der Waals surface area contributed by atoms with E-state index in [1.165, 1.54) is 0 Å². The van der Waals surface area contributed by atoms with Crippen molar-refractivity contribution in [1.82, 2.24) is 9.97 Å². The lowest BCUT2D eigenvalue weighted by molar-refractivity contribution is 0.0690. The fraction of sp³-hybridized carbons (Fsp3) is 0.167. The second kappa shape index (κ2) is 5.31. The van der Waals surface area contributed by atoms with E-state index in [-0.39, 0.29) is 5.69 Å². The third-order valence-electron chi connectivity index (χ3n) is 2.49.